The maximum Gasteiger partial charge on any atom is 0.410 e. The third-order valence-corrected chi connectivity index (χ3v) is 8.75. The van der Waals surface area contributed by atoms with Gasteiger partial charge in [-0.05, 0) is 58.4 Å². The highest BCUT2D eigenvalue weighted by Gasteiger charge is 2.33. The normalized spacial score (nSPS) is 16.8. The van der Waals surface area contributed by atoms with Crippen LogP contribution in [0.4, 0.5) is 25.2 Å². The van der Waals surface area contributed by atoms with Crippen LogP contribution in [0, 0.1) is 17.1 Å². The maximum atomic E-state index is 15.3. The summed E-state index contributed by atoms with van der Waals surface area (Å²) >= 11 is 0. The van der Waals surface area contributed by atoms with E-state index < -0.39 is 57.1 Å². The van der Waals surface area contributed by atoms with E-state index in [1.165, 1.54) is 39.9 Å². The number of amides is 1. The fourth-order valence-corrected chi connectivity index (χ4v) is 6.68. The minimum Gasteiger partial charge on any atom is -0.444 e. The lowest BCUT2D eigenvalue weighted by Crippen LogP contribution is -2.51. The van der Waals surface area contributed by atoms with E-state index in [1.807, 2.05) is 6.07 Å². The van der Waals surface area contributed by atoms with E-state index in [-0.39, 0.29) is 64.7 Å². The van der Waals surface area contributed by atoms with Gasteiger partial charge in [-0.3, -0.25) is 14.1 Å². The highest BCUT2D eigenvalue weighted by atomic mass is 32.2. The third-order valence-electron chi connectivity index (χ3n) is 7.52. The first-order valence-electron chi connectivity index (χ1n) is 15.5. The van der Waals surface area contributed by atoms with Crippen molar-refractivity contribution in [3.8, 4) is 17.3 Å². The van der Waals surface area contributed by atoms with E-state index in [9.17, 15) is 27.7 Å². The first kappa shape index (κ1) is 35.1. The fraction of sp³-hybridized carbons (Fsp3) is 0.394. The van der Waals surface area contributed by atoms with Crippen molar-refractivity contribution in [3.05, 3.63) is 76.0 Å². The molecule has 0 radical (unpaired) electrons. The number of likely N-dealkylation sites (tertiary alicyclic amines) is 1. The largest absolute Gasteiger partial charge is 0.444 e. The Balaban J connectivity index is 1.40. The Morgan fingerprint density at radius 2 is 1.90 bits per heavy atom. The van der Waals surface area contributed by atoms with Gasteiger partial charge in [0.05, 0.1) is 35.8 Å². The molecule has 0 bridgehead atoms. The predicted octanol–water partition coefficient (Wildman–Crippen LogP) is 5.15. The summed E-state index contributed by atoms with van der Waals surface area (Å²) in [5.74, 6) is -1.39. The molecule has 0 aliphatic carbocycles. The van der Waals surface area contributed by atoms with Crippen LogP contribution >= 0.6 is 0 Å². The smallest absolute Gasteiger partial charge is 0.410 e. The van der Waals surface area contributed by atoms with Crippen LogP contribution in [0.1, 0.15) is 58.2 Å². The zero-order chi connectivity index (χ0) is 35.7. The average molecular weight is 695 g/mol. The molecule has 0 unspecified atom stereocenters. The van der Waals surface area contributed by atoms with Gasteiger partial charge in [0.2, 0.25) is 16.0 Å². The van der Waals surface area contributed by atoms with Crippen molar-refractivity contribution >= 4 is 38.9 Å². The van der Waals surface area contributed by atoms with Crippen LogP contribution in [0.15, 0.2) is 53.5 Å². The van der Waals surface area contributed by atoms with E-state index in [0.29, 0.717) is 0 Å². The quantitative estimate of drug-likeness (QED) is 0.251. The topological polar surface area (TPSA) is 172 Å². The Kier molecular flexibility index (Phi) is 9.86. The van der Waals surface area contributed by atoms with E-state index >= 15 is 4.39 Å². The van der Waals surface area contributed by atoms with Crippen LogP contribution in [0.25, 0.3) is 22.4 Å². The number of benzene rings is 2. The van der Waals surface area contributed by atoms with Crippen LogP contribution < -0.4 is 15.6 Å². The van der Waals surface area contributed by atoms with Gasteiger partial charge >= 0.3 is 6.09 Å². The molecule has 2 N–H and O–H groups in total. The number of anilines is 2. The maximum absolute atomic E-state index is 15.3. The van der Waals surface area contributed by atoms with Gasteiger partial charge in [-0.15, -0.1) is 0 Å². The van der Waals surface area contributed by atoms with Crippen LogP contribution in [0.5, 0.6) is 0 Å². The molecule has 0 saturated carbocycles. The second kappa shape index (κ2) is 13.7. The summed E-state index contributed by atoms with van der Waals surface area (Å²) in [7, 11) is -4.10. The fourth-order valence-electron chi connectivity index (χ4n) is 5.45. The van der Waals surface area contributed by atoms with Crippen molar-refractivity contribution in [1.82, 2.24) is 24.4 Å². The molecule has 5 rings (SSSR count). The molecule has 1 amide bonds. The predicted molar refractivity (Wildman–Crippen MR) is 180 cm³/mol. The molecule has 1 fully saturated rings. The van der Waals surface area contributed by atoms with Crippen LogP contribution in [0.2, 0.25) is 0 Å². The third kappa shape index (κ3) is 8.29. The summed E-state index contributed by atoms with van der Waals surface area (Å²) in [5.41, 5.74) is -0.826. The van der Waals surface area contributed by atoms with Gasteiger partial charge in [0, 0.05) is 30.6 Å². The molecule has 1 aliphatic rings. The number of sulfonamides is 1. The second-order valence-corrected chi connectivity index (χ2v) is 14.7. The lowest BCUT2D eigenvalue weighted by molar-refractivity contribution is 0.0124. The lowest BCUT2D eigenvalue weighted by Gasteiger charge is -2.36. The first-order chi connectivity index (χ1) is 23.0. The van der Waals surface area contributed by atoms with Crippen molar-refractivity contribution in [2.45, 2.75) is 70.6 Å². The number of rotatable bonds is 8. The summed E-state index contributed by atoms with van der Waals surface area (Å²) in [6, 6.07) is 10.7. The number of nitrogens with one attached hydrogen (secondary N) is 2. The van der Waals surface area contributed by atoms with Crippen molar-refractivity contribution < 1.29 is 26.7 Å². The number of nitrogens with zero attached hydrogens (tertiary/aromatic N) is 6. The summed E-state index contributed by atoms with van der Waals surface area (Å²) in [5, 5.41) is 12.3. The molecule has 258 valence electrons. The van der Waals surface area contributed by atoms with Crippen molar-refractivity contribution in [3.63, 3.8) is 0 Å². The Morgan fingerprint density at radius 3 is 2.57 bits per heavy atom. The summed E-state index contributed by atoms with van der Waals surface area (Å²) in [6.45, 7) is 8.75. The molecule has 2 aromatic carbocycles. The monoisotopic (exact) mass is 694 g/mol. The van der Waals surface area contributed by atoms with Gasteiger partial charge < -0.3 is 15.0 Å². The molecular formula is C33H36F2N8O5S. The van der Waals surface area contributed by atoms with E-state index in [2.05, 4.69) is 25.0 Å². The molecule has 49 heavy (non-hydrogen) atoms. The Bertz CT molecular complexity index is 2110. The number of nitriles is 1. The number of halogens is 2. The standard InChI is InChI=1S/C33H36F2N8O5S/c1-19(2)43-29-27(15-37-31(40-29)38-24-13-23(34)16-42(17-24)32(45)48-33(3,4)5)39-28(30(43)44)20-10-11-26(25(35)12-20)41-49(46,47)18-22-9-7-6-8-21(22)14-36/h6-12,15,19,23-24,41H,13,16-18H2,1-5H3,(H,37,38,40)/t23-,24-/m0/s1. The van der Waals surface area contributed by atoms with Gasteiger partial charge in [0.15, 0.2) is 5.65 Å². The number of hydrogen-bond donors (Lipinski definition) is 2. The molecule has 1 saturated heterocycles. The average Bonchev–Trinajstić information content (AvgIpc) is 3.00. The summed E-state index contributed by atoms with van der Waals surface area (Å²) in [6.07, 6.45) is -0.458. The molecule has 2 aromatic heterocycles. The van der Waals surface area contributed by atoms with E-state index in [0.717, 1.165) is 6.07 Å². The molecular weight excluding hydrogens is 658 g/mol. The van der Waals surface area contributed by atoms with Crippen molar-refractivity contribution in [2.24, 2.45) is 0 Å². The highest BCUT2D eigenvalue weighted by Crippen LogP contribution is 2.26. The zero-order valence-electron chi connectivity index (χ0n) is 27.6. The molecule has 1 aliphatic heterocycles. The Morgan fingerprint density at radius 1 is 1.16 bits per heavy atom. The number of aromatic nitrogens is 4. The van der Waals surface area contributed by atoms with Crippen LogP contribution in [0.3, 0.4) is 0 Å². The number of carbonyl (C=O) groups excluding carboxylic acids is 1. The van der Waals surface area contributed by atoms with Gasteiger partial charge in [-0.1, -0.05) is 24.3 Å². The van der Waals surface area contributed by atoms with Gasteiger partial charge in [0.25, 0.3) is 5.56 Å². The summed E-state index contributed by atoms with van der Waals surface area (Å²) in [4.78, 5) is 40.9. The molecule has 3 heterocycles. The zero-order valence-corrected chi connectivity index (χ0v) is 28.4. The highest BCUT2D eigenvalue weighted by molar-refractivity contribution is 7.91. The van der Waals surface area contributed by atoms with E-state index in [4.69, 9.17) is 4.74 Å². The number of hydrogen-bond acceptors (Lipinski definition) is 10. The number of ether oxygens (including phenoxy) is 1. The Hall–Kier alpha value is -5.17. The molecule has 0 spiro atoms. The number of piperidine rings is 1. The van der Waals surface area contributed by atoms with E-state index in [1.54, 1.807) is 46.8 Å². The van der Waals surface area contributed by atoms with Crippen molar-refractivity contribution in [1.29, 1.82) is 5.26 Å². The second-order valence-electron chi connectivity index (χ2n) is 13.0. The Labute approximate surface area is 282 Å². The first-order valence-corrected chi connectivity index (χ1v) is 17.1. The molecule has 16 heteroatoms. The number of alkyl halides is 1. The number of fused-ring (bicyclic) bond motifs is 1. The van der Waals surface area contributed by atoms with Crippen LogP contribution in [-0.4, -0.2) is 69.8 Å². The molecule has 4 aromatic rings. The minimum absolute atomic E-state index is 0.0946. The lowest BCUT2D eigenvalue weighted by atomic mass is 10.0. The van der Waals surface area contributed by atoms with Crippen LogP contribution in [-0.2, 0) is 20.5 Å². The molecule has 13 nitrogen and oxygen atoms in total. The number of carbonyl (C=O) groups is 1. The minimum atomic E-state index is -4.10. The van der Waals surface area contributed by atoms with Gasteiger partial charge in [-0.2, -0.15) is 10.2 Å². The van der Waals surface area contributed by atoms with Gasteiger partial charge in [0.1, 0.15) is 28.8 Å². The van der Waals surface area contributed by atoms with Gasteiger partial charge in [-0.25, -0.2) is 32.0 Å². The molecule has 2 atom stereocenters. The summed E-state index contributed by atoms with van der Waals surface area (Å²) < 4.78 is 64.6. The SMILES string of the molecule is CC(C)n1c(=O)c(-c2ccc(NS(=O)(=O)Cc3ccccc3C#N)c(F)c2)nc2cnc(N[C@H]3C[C@H](F)CN(C(=O)OC(C)(C)C)C3)nc21. The van der Waals surface area contributed by atoms with Crippen molar-refractivity contribution in [2.75, 3.05) is 23.1 Å².